The highest BCUT2D eigenvalue weighted by Gasteiger charge is 2.27. The molecule has 0 aromatic heterocycles. The molecule has 0 saturated heterocycles. The summed E-state index contributed by atoms with van der Waals surface area (Å²) in [5.41, 5.74) is 1.07. The van der Waals surface area contributed by atoms with Gasteiger partial charge in [-0.2, -0.15) is 0 Å². The van der Waals surface area contributed by atoms with Crippen molar-refractivity contribution in [1.29, 1.82) is 0 Å². The fourth-order valence-electron chi connectivity index (χ4n) is 1.93. The van der Waals surface area contributed by atoms with Crippen LogP contribution in [0, 0.1) is 16.0 Å². The highest BCUT2D eigenvalue weighted by molar-refractivity contribution is 9.10. The third-order valence-electron chi connectivity index (χ3n) is 3.21. The molecule has 1 atom stereocenters. The number of hydrogen-bond donors (Lipinski definition) is 0. The van der Waals surface area contributed by atoms with E-state index in [-0.39, 0.29) is 4.92 Å². The van der Waals surface area contributed by atoms with Gasteiger partial charge in [0.1, 0.15) is 0 Å². The van der Waals surface area contributed by atoms with E-state index in [2.05, 4.69) is 20.8 Å². The Morgan fingerprint density at radius 3 is 2.56 bits per heavy atom. The van der Waals surface area contributed by atoms with Crippen molar-refractivity contribution in [3.8, 4) is 0 Å². The lowest BCUT2D eigenvalue weighted by Gasteiger charge is -2.25. The molecule has 98 valence electrons. The molecule has 0 aliphatic heterocycles. The Morgan fingerprint density at radius 1 is 1.44 bits per heavy atom. The van der Waals surface area contributed by atoms with Crippen LogP contribution in [-0.2, 0) is 0 Å². The van der Waals surface area contributed by atoms with Crippen LogP contribution in [0.15, 0.2) is 28.7 Å². The van der Waals surface area contributed by atoms with Gasteiger partial charge in [-0.3, -0.25) is 10.1 Å². The monoisotopic (exact) mass is 312 g/mol. The van der Waals surface area contributed by atoms with E-state index in [1.807, 2.05) is 24.3 Å². The molecule has 1 aliphatic rings. The summed E-state index contributed by atoms with van der Waals surface area (Å²) in [6, 6.07) is 7.45. The van der Waals surface area contributed by atoms with Crippen molar-refractivity contribution in [2.75, 3.05) is 18.0 Å². The average molecular weight is 313 g/mol. The zero-order valence-corrected chi connectivity index (χ0v) is 12.0. The summed E-state index contributed by atoms with van der Waals surface area (Å²) in [5, 5.41) is 10.8. The fraction of sp³-hybridized carbons (Fsp3) is 0.538. The Balaban J connectivity index is 2.08. The van der Waals surface area contributed by atoms with Crippen molar-refractivity contribution in [3.05, 3.63) is 38.9 Å². The number of benzene rings is 1. The molecular formula is C13H17BrN2O2. The van der Waals surface area contributed by atoms with E-state index < -0.39 is 6.04 Å². The molecule has 4 nitrogen and oxygen atoms in total. The predicted octanol–water partition coefficient (Wildman–Crippen LogP) is 3.33. The van der Waals surface area contributed by atoms with Gasteiger partial charge in [0.05, 0.1) is 6.54 Å². The van der Waals surface area contributed by atoms with Gasteiger partial charge in [0.2, 0.25) is 6.04 Å². The first-order valence-electron chi connectivity index (χ1n) is 6.20. The van der Waals surface area contributed by atoms with Gasteiger partial charge in [0.25, 0.3) is 0 Å². The number of nitro groups is 1. The molecule has 1 aromatic rings. The summed E-state index contributed by atoms with van der Waals surface area (Å²) in [4.78, 5) is 12.7. The molecule has 0 radical (unpaired) electrons. The van der Waals surface area contributed by atoms with Gasteiger partial charge in [-0.25, -0.2) is 0 Å². The van der Waals surface area contributed by atoms with Crippen molar-refractivity contribution < 1.29 is 4.92 Å². The molecule has 5 heteroatoms. The average Bonchev–Trinajstić information content (AvgIpc) is 3.13. The molecule has 0 bridgehead atoms. The number of halogens is 1. The standard InChI is InChI=1S/C13H17BrN2O2/c1-10(16(17)18)8-15(9-11-2-3-11)13-6-4-12(14)5-7-13/h4-7,10-11H,2-3,8-9H2,1H3. The minimum atomic E-state index is -0.535. The summed E-state index contributed by atoms with van der Waals surface area (Å²) in [5.74, 6) is 0.715. The molecule has 0 N–H and O–H groups in total. The molecule has 1 aliphatic carbocycles. The van der Waals surface area contributed by atoms with Crippen LogP contribution in [0.3, 0.4) is 0 Å². The van der Waals surface area contributed by atoms with Crippen LogP contribution >= 0.6 is 15.9 Å². The Hall–Kier alpha value is -1.10. The third-order valence-corrected chi connectivity index (χ3v) is 3.74. The lowest BCUT2D eigenvalue weighted by molar-refractivity contribution is -0.514. The van der Waals surface area contributed by atoms with E-state index in [4.69, 9.17) is 0 Å². The zero-order chi connectivity index (χ0) is 13.1. The minimum Gasteiger partial charge on any atom is -0.364 e. The quantitative estimate of drug-likeness (QED) is 0.598. The van der Waals surface area contributed by atoms with E-state index in [1.54, 1.807) is 6.92 Å². The summed E-state index contributed by atoms with van der Waals surface area (Å²) >= 11 is 3.41. The van der Waals surface area contributed by atoms with Gasteiger partial charge in [-0.15, -0.1) is 0 Å². The van der Waals surface area contributed by atoms with Crippen LogP contribution in [-0.4, -0.2) is 24.1 Å². The smallest absolute Gasteiger partial charge is 0.227 e. The zero-order valence-electron chi connectivity index (χ0n) is 10.4. The molecule has 1 aromatic carbocycles. The second kappa shape index (κ2) is 5.69. The molecule has 1 fully saturated rings. The van der Waals surface area contributed by atoms with E-state index in [0.717, 1.165) is 16.7 Å². The van der Waals surface area contributed by atoms with Gasteiger partial charge < -0.3 is 4.90 Å². The molecule has 2 rings (SSSR count). The van der Waals surface area contributed by atoms with Crippen molar-refractivity contribution in [2.45, 2.75) is 25.8 Å². The summed E-state index contributed by atoms with van der Waals surface area (Å²) in [6.45, 7) is 3.07. The van der Waals surface area contributed by atoms with E-state index >= 15 is 0 Å². The van der Waals surface area contributed by atoms with E-state index in [0.29, 0.717) is 12.5 Å². The maximum atomic E-state index is 10.8. The molecule has 1 unspecified atom stereocenters. The Kier molecular flexibility index (Phi) is 4.22. The third kappa shape index (κ3) is 3.70. The van der Waals surface area contributed by atoms with E-state index in [1.165, 1.54) is 12.8 Å². The van der Waals surface area contributed by atoms with Crippen molar-refractivity contribution in [3.63, 3.8) is 0 Å². The summed E-state index contributed by atoms with van der Waals surface area (Å²) in [6.07, 6.45) is 2.50. The van der Waals surface area contributed by atoms with Gasteiger partial charge in [-0.1, -0.05) is 15.9 Å². The second-order valence-electron chi connectivity index (χ2n) is 4.96. The van der Waals surface area contributed by atoms with E-state index in [9.17, 15) is 10.1 Å². The highest BCUT2D eigenvalue weighted by Crippen LogP contribution is 2.31. The predicted molar refractivity (Wildman–Crippen MR) is 75.5 cm³/mol. The maximum absolute atomic E-state index is 10.8. The van der Waals surface area contributed by atoms with Crippen molar-refractivity contribution in [2.24, 2.45) is 5.92 Å². The van der Waals surface area contributed by atoms with Crippen LogP contribution < -0.4 is 4.90 Å². The lowest BCUT2D eigenvalue weighted by Crippen LogP contribution is -2.36. The first kappa shape index (κ1) is 13.3. The number of rotatable bonds is 6. The first-order valence-corrected chi connectivity index (χ1v) is 6.99. The van der Waals surface area contributed by atoms with Crippen LogP contribution in [0.1, 0.15) is 19.8 Å². The Bertz CT molecular complexity index is 418. The van der Waals surface area contributed by atoms with Gasteiger partial charge >= 0.3 is 0 Å². The number of anilines is 1. The number of hydrogen-bond acceptors (Lipinski definition) is 3. The maximum Gasteiger partial charge on any atom is 0.227 e. The summed E-state index contributed by atoms with van der Waals surface area (Å²) < 4.78 is 1.03. The topological polar surface area (TPSA) is 46.4 Å². The van der Waals surface area contributed by atoms with Crippen LogP contribution in [0.25, 0.3) is 0 Å². The Labute approximate surface area is 115 Å². The van der Waals surface area contributed by atoms with Crippen molar-refractivity contribution >= 4 is 21.6 Å². The minimum absolute atomic E-state index is 0.210. The largest absolute Gasteiger partial charge is 0.364 e. The molecule has 0 amide bonds. The second-order valence-corrected chi connectivity index (χ2v) is 5.87. The lowest BCUT2D eigenvalue weighted by atomic mass is 10.2. The van der Waals surface area contributed by atoms with Gasteiger partial charge in [0.15, 0.2) is 0 Å². The molecule has 0 spiro atoms. The van der Waals surface area contributed by atoms with Crippen LogP contribution in [0.5, 0.6) is 0 Å². The number of nitrogens with zero attached hydrogens (tertiary/aromatic N) is 2. The normalized spacial score (nSPS) is 16.3. The summed E-state index contributed by atoms with van der Waals surface area (Å²) in [7, 11) is 0. The SMILES string of the molecule is CC(CN(CC1CC1)c1ccc(Br)cc1)[N+](=O)[O-]. The molecule has 1 saturated carbocycles. The molecular weight excluding hydrogens is 296 g/mol. The van der Waals surface area contributed by atoms with Crippen molar-refractivity contribution in [1.82, 2.24) is 0 Å². The fourth-order valence-corrected chi connectivity index (χ4v) is 2.20. The molecule has 18 heavy (non-hydrogen) atoms. The van der Waals surface area contributed by atoms with Crippen LogP contribution in [0.4, 0.5) is 5.69 Å². The Morgan fingerprint density at radius 2 is 2.06 bits per heavy atom. The highest BCUT2D eigenvalue weighted by atomic mass is 79.9. The van der Waals surface area contributed by atoms with Gasteiger partial charge in [-0.05, 0) is 43.0 Å². The first-order chi connectivity index (χ1) is 8.56. The molecule has 0 heterocycles. The van der Waals surface area contributed by atoms with Gasteiger partial charge in [0, 0.05) is 28.6 Å². The van der Waals surface area contributed by atoms with Crippen LogP contribution in [0.2, 0.25) is 0 Å².